The standard InChI is InChI=1S/C24H24N2OS/c1-18(20-12-6-3-7-13-20)25-23(27)22-17-21-14-16-28-24(21)26(22)15-8-11-19-9-4-2-5-10-19/h2-7,9-10,12-14,16-18H,8,11,15H2,1H3,(H,25,27)/t18-/m1/s1. The summed E-state index contributed by atoms with van der Waals surface area (Å²) in [6, 6.07) is 24.7. The minimum Gasteiger partial charge on any atom is -0.344 e. The third kappa shape index (κ3) is 4.02. The number of fused-ring (bicyclic) bond motifs is 1. The normalized spacial score (nSPS) is 12.2. The topological polar surface area (TPSA) is 34.0 Å². The van der Waals surface area contributed by atoms with Crippen LogP contribution in [0.1, 0.15) is 41.0 Å². The first kappa shape index (κ1) is 18.5. The van der Waals surface area contributed by atoms with Gasteiger partial charge in [-0.1, -0.05) is 60.7 Å². The number of amides is 1. The van der Waals surface area contributed by atoms with Gasteiger partial charge in [0.2, 0.25) is 0 Å². The highest BCUT2D eigenvalue weighted by Crippen LogP contribution is 2.26. The number of nitrogens with one attached hydrogen (secondary N) is 1. The zero-order valence-corrected chi connectivity index (χ0v) is 16.8. The lowest BCUT2D eigenvalue weighted by Gasteiger charge is -2.16. The van der Waals surface area contributed by atoms with Crippen LogP contribution in [0.4, 0.5) is 0 Å². The van der Waals surface area contributed by atoms with Crippen molar-refractivity contribution in [3.05, 3.63) is 95.0 Å². The molecule has 28 heavy (non-hydrogen) atoms. The first-order chi connectivity index (χ1) is 13.7. The molecule has 2 aromatic heterocycles. The zero-order chi connectivity index (χ0) is 19.3. The lowest BCUT2D eigenvalue weighted by Crippen LogP contribution is -2.28. The molecule has 0 aliphatic heterocycles. The van der Waals surface area contributed by atoms with Crippen molar-refractivity contribution < 1.29 is 4.79 Å². The second kappa shape index (κ2) is 8.44. The predicted octanol–water partition coefficient (Wildman–Crippen LogP) is 5.83. The largest absolute Gasteiger partial charge is 0.344 e. The van der Waals surface area contributed by atoms with Crippen LogP contribution >= 0.6 is 11.3 Å². The van der Waals surface area contributed by atoms with Crippen LogP contribution in [0.2, 0.25) is 0 Å². The lowest BCUT2D eigenvalue weighted by atomic mass is 10.1. The molecule has 4 rings (SSSR count). The number of aryl methyl sites for hydroxylation is 2. The van der Waals surface area contributed by atoms with Gasteiger partial charge in [0.05, 0.1) is 6.04 Å². The highest BCUT2D eigenvalue weighted by atomic mass is 32.1. The van der Waals surface area contributed by atoms with Gasteiger partial charge in [0.25, 0.3) is 5.91 Å². The fourth-order valence-electron chi connectivity index (χ4n) is 3.57. The monoisotopic (exact) mass is 388 g/mol. The highest BCUT2D eigenvalue weighted by molar-refractivity contribution is 7.16. The molecule has 4 heteroatoms. The molecule has 2 aromatic carbocycles. The fraction of sp³-hybridized carbons (Fsp3) is 0.208. The van der Waals surface area contributed by atoms with Crippen LogP contribution in [0.25, 0.3) is 10.2 Å². The van der Waals surface area contributed by atoms with Gasteiger partial charge in [-0.25, -0.2) is 0 Å². The van der Waals surface area contributed by atoms with Gasteiger partial charge < -0.3 is 9.88 Å². The van der Waals surface area contributed by atoms with Crippen LogP contribution in [-0.2, 0) is 13.0 Å². The van der Waals surface area contributed by atoms with Gasteiger partial charge in [0, 0.05) is 11.9 Å². The summed E-state index contributed by atoms with van der Waals surface area (Å²) in [6.45, 7) is 2.86. The van der Waals surface area contributed by atoms with E-state index in [9.17, 15) is 4.79 Å². The minimum atomic E-state index is -0.0283. The van der Waals surface area contributed by atoms with Gasteiger partial charge in [-0.05, 0) is 48.4 Å². The van der Waals surface area contributed by atoms with Gasteiger partial charge in [-0.3, -0.25) is 4.79 Å². The molecular weight excluding hydrogens is 364 g/mol. The molecule has 0 bridgehead atoms. The second-order valence-corrected chi connectivity index (χ2v) is 7.95. The average molecular weight is 389 g/mol. The molecule has 4 aromatic rings. The van der Waals surface area contributed by atoms with E-state index in [0.717, 1.165) is 36.0 Å². The first-order valence-corrected chi connectivity index (χ1v) is 10.6. The van der Waals surface area contributed by atoms with E-state index in [-0.39, 0.29) is 11.9 Å². The van der Waals surface area contributed by atoms with Gasteiger partial charge in [0.1, 0.15) is 10.5 Å². The SMILES string of the molecule is C[C@@H](NC(=O)c1cc2ccsc2n1CCCc1ccccc1)c1ccccc1. The Morgan fingerprint density at radius 3 is 2.50 bits per heavy atom. The highest BCUT2D eigenvalue weighted by Gasteiger charge is 2.18. The van der Waals surface area contributed by atoms with E-state index in [2.05, 4.69) is 45.6 Å². The Bertz CT molecular complexity index is 1050. The van der Waals surface area contributed by atoms with Crippen LogP contribution in [0.5, 0.6) is 0 Å². The second-order valence-electron chi connectivity index (χ2n) is 7.06. The molecule has 0 aliphatic rings. The van der Waals surface area contributed by atoms with Gasteiger partial charge in [-0.2, -0.15) is 0 Å². The minimum absolute atomic E-state index is 0.0144. The van der Waals surface area contributed by atoms with Crippen LogP contribution in [-0.4, -0.2) is 10.5 Å². The summed E-state index contributed by atoms with van der Waals surface area (Å²) in [5.74, 6) is -0.0144. The molecular formula is C24H24N2OS. The van der Waals surface area contributed by atoms with Crippen molar-refractivity contribution in [3.8, 4) is 0 Å². The number of thiophene rings is 1. The number of benzene rings is 2. The first-order valence-electron chi connectivity index (χ1n) is 9.69. The van der Waals surface area contributed by atoms with Gasteiger partial charge >= 0.3 is 0 Å². The summed E-state index contributed by atoms with van der Waals surface area (Å²) in [5, 5.41) is 6.39. The Kier molecular flexibility index (Phi) is 5.58. The number of carbonyl (C=O) groups is 1. The summed E-state index contributed by atoms with van der Waals surface area (Å²) in [5.41, 5.74) is 3.19. The Labute approximate surface area is 169 Å². The van der Waals surface area contributed by atoms with E-state index < -0.39 is 0 Å². The molecule has 0 unspecified atom stereocenters. The third-order valence-electron chi connectivity index (χ3n) is 5.07. The maximum atomic E-state index is 13.0. The van der Waals surface area contributed by atoms with Crippen LogP contribution in [0.15, 0.2) is 78.2 Å². The summed E-state index contributed by atoms with van der Waals surface area (Å²) < 4.78 is 2.18. The number of aromatic nitrogens is 1. The lowest BCUT2D eigenvalue weighted by molar-refractivity contribution is 0.0931. The summed E-state index contributed by atoms with van der Waals surface area (Å²) in [7, 11) is 0. The number of hydrogen-bond acceptors (Lipinski definition) is 2. The van der Waals surface area contributed by atoms with Crippen LogP contribution in [0.3, 0.4) is 0 Å². The van der Waals surface area contributed by atoms with Crippen molar-refractivity contribution in [2.45, 2.75) is 32.4 Å². The van der Waals surface area contributed by atoms with E-state index in [4.69, 9.17) is 0 Å². The maximum Gasteiger partial charge on any atom is 0.268 e. The Morgan fingerprint density at radius 2 is 1.75 bits per heavy atom. The molecule has 0 saturated heterocycles. The van der Waals surface area contributed by atoms with E-state index in [1.807, 2.05) is 49.4 Å². The predicted molar refractivity (Wildman–Crippen MR) is 117 cm³/mol. The zero-order valence-electron chi connectivity index (χ0n) is 16.0. The number of nitrogens with zero attached hydrogens (tertiary/aromatic N) is 1. The van der Waals surface area contributed by atoms with Crippen molar-refractivity contribution in [1.82, 2.24) is 9.88 Å². The molecule has 1 atom stereocenters. The summed E-state index contributed by atoms with van der Waals surface area (Å²) in [4.78, 5) is 14.2. The Morgan fingerprint density at radius 1 is 1.04 bits per heavy atom. The number of rotatable bonds is 7. The van der Waals surface area contributed by atoms with Crippen molar-refractivity contribution in [1.29, 1.82) is 0 Å². The summed E-state index contributed by atoms with van der Waals surface area (Å²) >= 11 is 1.70. The maximum absolute atomic E-state index is 13.0. The van der Waals surface area contributed by atoms with Gasteiger partial charge in [-0.15, -0.1) is 11.3 Å². The molecule has 1 amide bonds. The Hall–Kier alpha value is -2.85. The molecule has 0 saturated carbocycles. The Balaban J connectivity index is 1.51. The van der Waals surface area contributed by atoms with Crippen molar-refractivity contribution >= 4 is 27.5 Å². The van der Waals surface area contributed by atoms with E-state index >= 15 is 0 Å². The molecule has 142 valence electrons. The van der Waals surface area contributed by atoms with E-state index in [0.29, 0.717) is 0 Å². The average Bonchev–Trinajstić information content (AvgIpc) is 3.32. The van der Waals surface area contributed by atoms with Crippen molar-refractivity contribution in [3.63, 3.8) is 0 Å². The van der Waals surface area contributed by atoms with Gasteiger partial charge in [0.15, 0.2) is 0 Å². The molecule has 0 aliphatic carbocycles. The third-order valence-corrected chi connectivity index (χ3v) is 6.02. The molecule has 0 radical (unpaired) electrons. The molecule has 0 spiro atoms. The molecule has 2 heterocycles. The van der Waals surface area contributed by atoms with Crippen LogP contribution < -0.4 is 5.32 Å². The van der Waals surface area contributed by atoms with Crippen molar-refractivity contribution in [2.75, 3.05) is 0 Å². The molecule has 1 N–H and O–H groups in total. The number of carbonyl (C=O) groups excluding carboxylic acids is 1. The molecule has 0 fully saturated rings. The number of hydrogen-bond donors (Lipinski definition) is 1. The van der Waals surface area contributed by atoms with Crippen LogP contribution in [0, 0.1) is 0 Å². The fourth-order valence-corrected chi connectivity index (χ4v) is 4.49. The quantitative estimate of drug-likeness (QED) is 0.425. The van der Waals surface area contributed by atoms with E-state index in [1.54, 1.807) is 11.3 Å². The molecule has 3 nitrogen and oxygen atoms in total. The van der Waals surface area contributed by atoms with Crippen molar-refractivity contribution in [2.24, 2.45) is 0 Å². The summed E-state index contributed by atoms with van der Waals surface area (Å²) in [6.07, 6.45) is 2.01. The smallest absolute Gasteiger partial charge is 0.268 e. The van der Waals surface area contributed by atoms with E-state index in [1.165, 1.54) is 10.4 Å².